The molecule has 2 bridgehead atoms. The first-order chi connectivity index (χ1) is 22.4. The van der Waals surface area contributed by atoms with Crippen molar-refractivity contribution in [3.8, 4) is 22.4 Å². The minimum atomic E-state index is -1.19. The highest BCUT2D eigenvalue weighted by Gasteiger charge is 2.51. The molecule has 2 unspecified atom stereocenters. The molecule has 10 heteroatoms. The van der Waals surface area contributed by atoms with Crippen molar-refractivity contribution < 1.29 is 14.3 Å². The molecule has 0 saturated carbocycles. The third-order valence-corrected chi connectivity index (χ3v) is 11.4. The normalized spacial score (nSPS) is 21.3. The molecule has 9 nitrogen and oxygen atoms in total. The average Bonchev–Trinajstić information content (AvgIpc) is 3.58. The highest BCUT2D eigenvalue weighted by atomic mass is 28.3. The van der Waals surface area contributed by atoms with Crippen molar-refractivity contribution in [1.29, 1.82) is 0 Å². The largest absolute Gasteiger partial charge is 0.444 e. The maximum absolute atomic E-state index is 13.3. The van der Waals surface area contributed by atoms with Crippen molar-refractivity contribution in [2.75, 3.05) is 18.7 Å². The van der Waals surface area contributed by atoms with Gasteiger partial charge in [-0.3, -0.25) is 4.98 Å². The molecule has 250 valence electrons. The molecule has 2 aliphatic rings. The molecule has 2 saturated heterocycles. The average molecular weight is 655 g/mol. The fourth-order valence-corrected chi connectivity index (χ4v) is 7.87. The standard InChI is InChI=1S/C37H50N6O3Si/c1-8-37(21-28-15-16-29(22-37)42(28)35(44)46-36(2,3)4)32-20-33(39-25-45-18-19-47(5,6)7)43-34(41-32)30(24-40-43)27-14-17-31(38-23-27)26-12-10-9-11-13-26/h9-14,17,20,23-24,28-29,39H,8,15-16,18-19,21-22,25H2,1-7H3. The van der Waals surface area contributed by atoms with Crippen molar-refractivity contribution in [2.45, 2.75) is 109 Å². The summed E-state index contributed by atoms with van der Waals surface area (Å²) in [6.07, 6.45) is 8.21. The van der Waals surface area contributed by atoms with Crippen LogP contribution in [-0.4, -0.2) is 69.7 Å². The predicted octanol–water partition coefficient (Wildman–Crippen LogP) is 8.39. The van der Waals surface area contributed by atoms with E-state index in [9.17, 15) is 4.79 Å². The molecular formula is C37H50N6O3Si. The summed E-state index contributed by atoms with van der Waals surface area (Å²) in [7, 11) is -1.19. The Morgan fingerprint density at radius 1 is 1.02 bits per heavy atom. The van der Waals surface area contributed by atoms with E-state index in [2.05, 4.69) is 62.2 Å². The minimum Gasteiger partial charge on any atom is -0.444 e. The zero-order valence-electron chi connectivity index (χ0n) is 29.0. The number of nitrogens with one attached hydrogen (secondary N) is 1. The smallest absolute Gasteiger partial charge is 0.410 e. The fraction of sp³-hybridized carbons (Fsp3) is 0.514. The number of nitrogens with zero attached hydrogens (tertiary/aromatic N) is 5. The van der Waals surface area contributed by atoms with Crippen LogP contribution < -0.4 is 5.32 Å². The van der Waals surface area contributed by atoms with Crippen molar-refractivity contribution in [3.05, 3.63) is 66.6 Å². The van der Waals surface area contributed by atoms with Gasteiger partial charge in [-0.05, 0) is 65.0 Å². The van der Waals surface area contributed by atoms with E-state index in [1.807, 2.05) is 60.8 Å². The number of carbonyl (C=O) groups excluding carboxylic acids is 1. The number of pyridine rings is 1. The van der Waals surface area contributed by atoms with Crippen LogP contribution in [0.2, 0.25) is 25.7 Å². The van der Waals surface area contributed by atoms with E-state index < -0.39 is 13.7 Å². The molecule has 0 radical (unpaired) electrons. The molecule has 1 aromatic carbocycles. The Kier molecular flexibility index (Phi) is 9.19. The molecule has 47 heavy (non-hydrogen) atoms. The third-order valence-electron chi connectivity index (χ3n) is 9.66. The number of hydrogen-bond donors (Lipinski definition) is 1. The first-order valence-electron chi connectivity index (χ1n) is 17.1. The van der Waals surface area contributed by atoms with E-state index >= 15 is 0 Å². The van der Waals surface area contributed by atoms with Gasteiger partial charge in [-0.25, -0.2) is 9.78 Å². The second-order valence-electron chi connectivity index (χ2n) is 15.5. The highest BCUT2D eigenvalue weighted by Crippen LogP contribution is 2.49. The summed E-state index contributed by atoms with van der Waals surface area (Å²) in [6, 6.07) is 17.9. The van der Waals surface area contributed by atoms with Crippen LogP contribution >= 0.6 is 0 Å². The highest BCUT2D eigenvalue weighted by molar-refractivity contribution is 6.76. The number of carbonyl (C=O) groups is 1. The van der Waals surface area contributed by atoms with Crippen LogP contribution in [0.5, 0.6) is 0 Å². The Hall–Kier alpha value is -3.76. The molecule has 2 atom stereocenters. The molecule has 4 aromatic rings. The van der Waals surface area contributed by atoms with E-state index in [4.69, 9.17) is 24.5 Å². The van der Waals surface area contributed by atoms with E-state index in [1.165, 1.54) is 0 Å². The number of benzene rings is 1. The Morgan fingerprint density at radius 3 is 2.36 bits per heavy atom. The summed E-state index contributed by atoms with van der Waals surface area (Å²) in [5.41, 5.74) is 5.02. The van der Waals surface area contributed by atoms with E-state index in [0.29, 0.717) is 6.73 Å². The quantitative estimate of drug-likeness (QED) is 0.104. The monoisotopic (exact) mass is 654 g/mol. The number of amides is 1. The molecule has 5 heterocycles. The van der Waals surface area contributed by atoms with Crippen LogP contribution in [0.25, 0.3) is 28.0 Å². The van der Waals surface area contributed by atoms with Crippen molar-refractivity contribution in [1.82, 2.24) is 24.5 Å². The molecule has 1 amide bonds. The lowest BCUT2D eigenvalue weighted by Crippen LogP contribution is -2.53. The molecule has 3 aromatic heterocycles. The summed E-state index contributed by atoms with van der Waals surface area (Å²) < 4.78 is 13.8. The number of ether oxygens (including phenoxy) is 2. The van der Waals surface area contributed by atoms with Crippen molar-refractivity contribution in [3.63, 3.8) is 0 Å². The van der Waals surface area contributed by atoms with Crippen molar-refractivity contribution >= 4 is 25.6 Å². The number of piperidine rings is 1. The van der Waals surface area contributed by atoms with Crippen LogP contribution in [0.4, 0.5) is 10.6 Å². The zero-order chi connectivity index (χ0) is 33.4. The predicted molar refractivity (Wildman–Crippen MR) is 190 cm³/mol. The third kappa shape index (κ3) is 7.23. The van der Waals surface area contributed by atoms with Gasteiger partial charge in [-0.2, -0.15) is 9.61 Å². The van der Waals surface area contributed by atoms with Gasteiger partial charge in [0.05, 0.1) is 17.6 Å². The Labute approximate surface area is 280 Å². The zero-order valence-corrected chi connectivity index (χ0v) is 30.0. The van der Waals surface area contributed by atoms with Crippen LogP contribution in [-0.2, 0) is 14.9 Å². The van der Waals surface area contributed by atoms with Crippen LogP contribution in [0.3, 0.4) is 0 Å². The summed E-state index contributed by atoms with van der Waals surface area (Å²) in [5.74, 6) is 0.855. The van der Waals surface area contributed by atoms with Gasteiger partial charge in [-0.15, -0.1) is 0 Å². The number of hydrogen-bond acceptors (Lipinski definition) is 7. The number of fused-ring (bicyclic) bond motifs is 3. The van der Waals surface area contributed by atoms with E-state index in [-0.39, 0.29) is 23.6 Å². The van der Waals surface area contributed by atoms with Gasteiger partial charge in [0.2, 0.25) is 0 Å². The first kappa shape index (κ1) is 33.1. The van der Waals surface area contributed by atoms with Gasteiger partial charge < -0.3 is 19.7 Å². The second-order valence-corrected chi connectivity index (χ2v) is 21.1. The molecule has 1 N–H and O–H groups in total. The Balaban J connectivity index is 1.35. The van der Waals surface area contributed by atoms with Crippen LogP contribution in [0.15, 0.2) is 60.9 Å². The summed E-state index contributed by atoms with van der Waals surface area (Å²) >= 11 is 0. The second kappa shape index (κ2) is 13.0. The summed E-state index contributed by atoms with van der Waals surface area (Å²) in [4.78, 5) is 25.5. The lowest BCUT2D eigenvalue weighted by Gasteiger charge is -2.46. The maximum Gasteiger partial charge on any atom is 0.410 e. The Morgan fingerprint density at radius 2 is 1.74 bits per heavy atom. The first-order valence-corrected chi connectivity index (χ1v) is 20.8. The van der Waals surface area contributed by atoms with Crippen LogP contribution in [0.1, 0.15) is 65.5 Å². The van der Waals surface area contributed by atoms with E-state index in [0.717, 1.165) is 84.3 Å². The van der Waals surface area contributed by atoms with Gasteiger partial charge >= 0.3 is 6.09 Å². The maximum atomic E-state index is 13.3. The molecular weight excluding hydrogens is 605 g/mol. The number of rotatable bonds is 10. The van der Waals surface area contributed by atoms with Gasteiger partial charge in [0.1, 0.15) is 18.1 Å². The number of aromatic nitrogens is 4. The van der Waals surface area contributed by atoms with Crippen molar-refractivity contribution in [2.24, 2.45) is 0 Å². The van der Waals surface area contributed by atoms with Gasteiger partial charge in [0.15, 0.2) is 5.65 Å². The number of anilines is 1. The van der Waals surface area contributed by atoms with Crippen LogP contribution in [0, 0.1) is 0 Å². The molecule has 0 aliphatic carbocycles. The topological polar surface area (TPSA) is 93.9 Å². The fourth-order valence-electron chi connectivity index (χ4n) is 7.11. The lowest BCUT2D eigenvalue weighted by molar-refractivity contribution is -0.00229. The van der Waals surface area contributed by atoms with Gasteiger partial charge in [0, 0.05) is 61.1 Å². The SMILES string of the molecule is CCC1(c2cc(NCOCC[Si](C)(C)C)n3ncc(-c4ccc(-c5ccccc5)nc4)c3n2)CC2CCC(C1)N2C(=O)OC(C)(C)C. The summed E-state index contributed by atoms with van der Waals surface area (Å²) in [6.45, 7) is 16.3. The molecule has 0 spiro atoms. The Bertz CT molecular complexity index is 1680. The minimum absolute atomic E-state index is 0.127. The molecule has 2 aliphatic heterocycles. The van der Waals surface area contributed by atoms with Gasteiger partial charge in [-0.1, -0.05) is 63.0 Å². The lowest BCUT2D eigenvalue weighted by atomic mass is 9.70. The molecule has 2 fully saturated rings. The van der Waals surface area contributed by atoms with E-state index in [1.54, 1.807) is 0 Å². The molecule has 6 rings (SSSR count). The summed E-state index contributed by atoms with van der Waals surface area (Å²) in [5, 5.41) is 8.34. The van der Waals surface area contributed by atoms with Gasteiger partial charge in [0.25, 0.3) is 0 Å².